The molecule has 5 heteroatoms. The highest BCUT2D eigenvalue weighted by atomic mass is 15.1. The molecule has 0 unspecified atom stereocenters. The zero-order valence-electron chi connectivity index (χ0n) is 30.8. The number of nitrogens with zero attached hydrogens (tertiary/aromatic N) is 5. The molecule has 0 saturated carbocycles. The Hall–Kier alpha value is -7.76. The number of aromatic nitrogens is 5. The number of para-hydroxylation sites is 5. The molecular weight excluding hydrogens is 695 g/mol. The minimum absolute atomic E-state index is 0.664. The Morgan fingerprint density at radius 2 is 0.632 bits per heavy atom. The number of hydrogen-bond acceptors (Lipinski definition) is 2. The fraction of sp³-hybridized carbons (Fsp3) is 0. The van der Waals surface area contributed by atoms with E-state index in [1.807, 2.05) is 6.07 Å². The first-order valence-corrected chi connectivity index (χ1v) is 19.3. The van der Waals surface area contributed by atoms with Gasteiger partial charge in [-0.1, -0.05) is 146 Å². The van der Waals surface area contributed by atoms with Crippen molar-refractivity contribution >= 4 is 65.4 Å². The zero-order chi connectivity index (χ0) is 37.5. The van der Waals surface area contributed by atoms with Crippen molar-refractivity contribution in [1.29, 1.82) is 0 Å². The monoisotopic (exact) mass is 727 g/mol. The summed E-state index contributed by atoms with van der Waals surface area (Å²) >= 11 is 0. The molecule has 0 aliphatic rings. The van der Waals surface area contributed by atoms with Gasteiger partial charge in [0, 0.05) is 49.6 Å². The number of rotatable bonds is 5. The SMILES string of the molecule is c1ccc(-c2ccc(-c3nc(-n4c5ccccc5c5ccccc54)cc(-n4c5ccccc5c5cc(-n6c7ccccc7c7ccccc76)ccc54)n3)cc2)cc1. The predicted octanol–water partition coefficient (Wildman–Crippen LogP) is 13.1. The zero-order valence-corrected chi connectivity index (χ0v) is 30.8. The van der Waals surface area contributed by atoms with Gasteiger partial charge in [-0.05, 0) is 59.7 Å². The van der Waals surface area contributed by atoms with Gasteiger partial charge in [0.1, 0.15) is 11.6 Å². The van der Waals surface area contributed by atoms with E-state index >= 15 is 0 Å². The van der Waals surface area contributed by atoms with Gasteiger partial charge in [0.25, 0.3) is 0 Å². The Morgan fingerprint density at radius 3 is 1.12 bits per heavy atom. The number of fused-ring (bicyclic) bond motifs is 9. The van der Waals surface area contributed by atoms with E-state index in [1.54, 1.807) is 0 Å². The topological polar surface area (TPSA) is 40.6 Å². The molecule has 0 amide bonds. The van der Waals surface area contributed by atoms with Gasteiger partial charge in [0.2, 0.25) is 0 Å². The average molecular weight is 728 g/mol. The summed E-state index contributed by atoms with van der Waals surface area (Å²) in [4.78, 5) is 10.8. The highest BCUT2D eigenvalue weighted by molar-refractivity contribution is 6.12. The second kappa shape index (κ2) is 12.4. The fourth-order valence-electron chi connectivity index (χ4n) is 8.94. The molecule has 12 rings (SSSR count). The van der Waals surface area contributed by atoms with E-state index in [9.17, 15) is 0 Å². The van der Waals surface area contributed by atoms with Crippen LogP contribution in [-0.4, -0.2) is 23.7 Å². The first kappa shape index (κ1) is 31.6. The molecule has 0 N–H and O–H groups in total. The fourth-order valence-corrected chi connectivity index (χ4v) is 8.94. The second-order valence-electron chi connectivity index (χ2n) is 14.6. The van der Waals surface area contributed by atoms with Gasteiger partial charge >= 0.3 is 0 Å². The minimum atomic E-state index is 0.664. The van der Waals surface area contributed by atoms with Crippen LogP contribution in [0.3, 0.4) is 0 Å². The molecule has 0 bridgehead atoms. The number of hydrogen-bond donors (Lipinski definition) is 0. The molecule has 4 heterocycles. The highest BCUT2D eigenvalue weighted by Crippen LogP contribution is 2.38. The van der Waals surface area contributed by atoms with Crippen LogP contribution >= 0.6 is 0 Å². The van der Waals surface area contributed by atoms with Crippen LogP contribution in [0.15, 0.2) is 200 Å². The smallest absolute Gasteiger partial charge is 0.163 e. The largest absolute Gasteiger partial charge is 0.309 e. The Labute approximate surface area is 328 Å². The van der Waals surface area contributed by atoms with Gasteiger partial charge < -0.3 is 4.57 Å². The van der Waals surface area contributed by atoms with Crippen molar-refractivity contribution in [3.63, 3.8) is 0 Å². The van der Waals surface area contributed by atoms with Gasteiger partial charge in [-0.15, -0.1) is 0 Å². The van der Waals surface area contributed by atoms with Gasteiger partial charge in [-0.25, -0.2) is 9.97 Å². The van der Waals surface area contributed by atoms with Crippen molar-refractivity contribution in [3.05, 3.63) is 200 Å². The van der Waals surface area contributed by atoms with E-state index in [4.69, 9.17) is 9.97 Å². The van der Waals surface area contributed by atoms with Crippen molar-refractivity contribution in [1.82, 2.24) is 23.7 Å². The molecule has 8 aromatic carbocycles. The van der Waals surface area contributed by atoms with Crippen LogP contribution in [0.5, 0.6) is 0 Å². The average Bonchev–Trinajstić information content (AvgIpc) is 3.92. The maximum absolute atomic E-state index is 5.41. The van der Waals surface area contributed by atoms with Crippen LogP contribution in [0.25, 0.3) is 105 Å². The van der Waals surface area contributed by atoms with E-state index in [-0.39, 0.29) is 0 Å². The second-order valence-corrected chi connectivity index (χ2v) is 14.6. The van der Waals surface area contributed by atoms with Gasteiger partial charge in [0.05, 0.1) is 33.1 Å². The van der Waals surface area contributed by atoms with Crippen LogP contribution in [0, 0.1) is 0 Å². The van der Waals surface area contributed by atoms with Gasteiger partial charge in [-0.2, -0.15) is 0 Å². The molecule has 12 aromatic rings. The maximum atomic E-state index is 5.41. The van der Waals surface area contributed by atoms with E-state index in [0.717, 1.165) is 55.9 Å². The first-order chi connectivity index (χ1) is 28.3. The predicted molar refractivity (Wildman–Crippen MR) is 236 cm³/mol. The summed E-state index contributed by atoms with van der Waals surface area (Å²) in [6, 6.07) is 71.3. The summed E-state index contributed by atoms with van der Waals surface area (Å²) in [5, 5.41) is 7.21. The summed E-state index contributed by atoms with van der Waals surface area (Å²) in [6.07, 6.45) is 0. The summed E-state index contributed by atoms with van der Waals surface area (Å²) in [5.74, 6) is 2.28. The molecule has 0 fully saturated rings. The molecule has 0 spiro atoms. The Kier molecular flexibility index (Phi) is 6.86. The third-order valence-electron chi connectivity index (χ3n) is 11.5. The van der Waals surface area contributed by atoms with E-state index in [1.165, 1.54) is 43.5 Å². The summed E-state index contributed by atoms with van der Waals surface area (Å²) in [5.41, 5.74) is 11.2. The van der Waals surface area contributed by atoms with E-state index in [0.29, 0.717) is 5.82 Å². The van der Waals surface area contributed by atoms with Crippen LogP contribution in [0.2, 0.25) is 0 Å². The van der Waals surface area contributed by atoms with Crippen molar-refractivity contribution in [2.45, 2.75) is 0 Å². The molecule has 0 radical (unpaired) electrons. The molecule has 0 aliphatic carbocycles. The Morgan fingerprint density at radius 1 is 0.263 bits per heavy atom. The Balaban J connectivity index is 1.12. The third kappa shape index (κ3) is 4.82. The summed E-state index contributed by atoms with van der Waals surface area (Å²) in [6.45, 7) is 0. The van der Waals surface area contributed by atoms with Crippen molar-refractivity contribution in [2.24, 2.45) is 0 Å². The lowest BCUT2D eigenvalue weighted by Gasteiger charge is -2.14. The van der Waals surface area contributed by atoms with Gasteiger partial charge in [0.15, 0.2) is 5.82 Å². The third-order valence-corrected chi connectivity index (χ3v) is 11.5. The molecule has 4 aromatic heterocycles. The first-order valence-electron chi connectivity index (χ1n) is 19.3. The summed E-state index contributed by atoms with van der Waals surface area (Å²) in [7, 11) is 0. The van der Waals surface area contributed by atoms with E-state index in [2.05, 4.69) is 208 Å². The standard InChI is InChI=1S/C52H33N5/c1-2-14-34(15-3-1)35-26-28-36(29-27-35)52-53-50(56-46-23-11-6-18-40(46)41-19-7-12-24-47(41)56)33-51(54-52)57-48-25-13-8-20-42(48)43-32-37(30-31-49(43)57)55-44-21-9-4-16-38(44)39-17-5-10-22-45(39)55/h1-33H. The molecule has 0 saturated heterocycles. The molecular formula is C52H33N5. The van der Waals surface area contributed by atoms with Crippen LogP contribution in [-0.2, 0) is 0 Å². The normalized spacial score (nSPS) is 11.9. The number of benzene rings is 8. The van der Waals surface area contributed by atoms with Crippen LogP contribution in [0.4, 0.5) is 0 Å². The lowest BCUT2D eigenvalue weighted by molar-refractivity contribution is 0.994. The van der Waals surface area contributed by atoms with Crippen molar-refractivity contribution in [2.75, 3.05) is 0 Å². The molecule has 0 aliphatic heterocycles. The van der Waals surface area contributed by atoms with E-state index < -0.39 is 0 Å². The highest BCUT2D eigenvalue weighted by Gasteiger charge is 2.20. The van der Waals surface area contributed by atoms with Gasteiger partial charge in [-0.3, -0.25) is 9.13 Å². The molecule has 0 atom stereocenters. The molecule has 5 nitrogen and oxygen atoms in total. The Bertz CT molecular complexity index is 3410. The van der Waals surface area contributed by atoms with Crippen LogP contribution in [0.1, 0.15) is 0 Å². The summed E-state index contributed by atoms with van der Waals surface area (Å²) < 4.78 is 6.98. The lowest BCUT2D eigenvalue weighted by Crippen LogP contribution is -2.06. The lowest BCUT2D eigenvalue weighted by atomic mass is 10.0. The molecule has 57 heavy (non-hydrogen) atoms. The van der Waals surface area contributed by atoms with Crippen molar-refractivity contribution in [3.8, 4) is 39.8 Å². The quantitative estimate of drug-likeness (QED) is 0.177. The van der Waals surface area contributed by atoms with Crippen molar-refractivity contribution < 1.29 is 0 Å². The maximum Gasteiger partial charge on any atom is 0.163 e. The molecule has 266 valence electrons. The minimum Gasteiger partial charge on any atom is -0.309 e. The van der Waals surface area contributed by atoms with Crippen LogP contribution < -0.4 is 0 Å².